The second-order valence-corrected chi connectivity index (χ2v) is 4.45. The summed E-state index contributed by atoms with van der Waals surface area (Å²) in [5, 5.41) is 12.7. The maximum Gasteiger partial charge on any atom is 0.237 e. The Labute approximate surface area is 96.9 Å². The van der Waals surface area contributed by atoms with Gasteiger partial charge in [0.15, 0.2) is 0 Å². The summed E-state index contributed by atoms with van der Waals surface area (Å²) in [6.07, 6.45) is 6.49. The Morgan fingerprint density at radius 2 is 2.19 bits per heavy atom. The molecule has 1 aliphatic rings. The average Bonchev–Trinajstić information content (AvgIpc) is 2.45. The van der Waals surface area contributed by atoms with Crippen molar-refractivity contribution in [1.82, 2.24) is 5.32 Å². The number of nitrogens with one attached hydrogen (secondary N) is 1. The lowest BCUT2D eigenvalue weighted by atomic mass is 10.1. The van der Waals surface area contributed by atoms with E-state index in [2.05, 4.69) is 11.9 Å². The van der Waals surface area contributed by atoms with Gasteiger partial charge in [-0.15, -0.1) is 6.58 Å². The van der Waals surface area contributed by atoms with Crippen molar-refractivity contribution >= 4 is 5.91 Å². The Morgan fingerprint density at radius 1 is 1.50 bits per heavy atom. The van der Waals surface area contributed by atoms with Crippen LogP contribution in [0.15, 0.2) is 12.7 Å². The van der Waals surface area contributed by atoms with Gasteiger partial charge in [-0.2, -0.15) is 0 Å². The number of amides is 1. The zero-order chi connectivity index (χ0) is 12.0. The molecule has 1 amide bonds. The van der Waals surface area contributed by atoms with Gasteiger partial charge in [0, 0.05) is 0 Å². The number of hydrogen-bond acceptors (Lipinski definition) is 3. The molecular formula is C12H22N2O2. The summed E-state index contributed by atoms with van der Waals surface area (Å²) >= 11 is 0. The first-order chi connectivity index (χ1) is 7.65. The van der Waals surface area contributed by atoms with Crippen LogP contribution in [0.3, 0.4) is 0 Å². The van der Waals surface area contributed by atoms with E-state index in [4.69, 9.17) is 5.73 Å². The Hall–Kier alpha value is -0.870. The van der Waals surface area contributed by atoms with Gasteiger partial charge >= 0.3 is 0 Å². The van der Waals surface area contributed by atoms with E-state index >= 15 is 0 Å². The smallest absolute Gasteiger partial charge is 0.237 e. The Bertz CT molecular complexity index is 243. The lowest BCUT2D eigenvalue weighted by Gasteiger charge is -2.23. The number of hydrogen-bond donors (Lipinski definition) is 3. The van der Waals surface area contributed by atoms with Gasteiger partial charge in [-0.3, -0.25) is 4.79 Å². The van der Waals surface area contributed by atoms with Gasteiger partial charge in [0.05, 0.1) is 18.2 Å². The summed E-state index contributed by atoms with van der Waals surface area (Å²) in [6, 6.07) is -0.682. The van der Waals surface area contributed by atoms with E-state index in [-0.39, 0.29) is 11.9 Å². The maximum absolute atomic E-state index is 11.7. The van der Waals surface area contributed by atoms with Crippen molar-refractivity contribution in [3.05, 3.63) is 12.7 Å². The van der Waals surface area contributed by atoms with Crippen molar-refractivity contribution in [2.24, 2.45) is 5.73 Å². The zero-order valence-electron chi connectivity index (χ0n) is 9.69. The number of aliphatic hydroxyl groups is 1. The first-order valence-electron chi connectivity index (χ1n) is 6.00. The molecule has 1 fully saturated rings. The van der Waals surface area contributed by atoms with Crippen LogP contribution in [0.1, 0.15) is 38.5 Å². The van der Waals surface area contributed by atoms with Gasteiger partial charge in [-0.1, -0.05) is 25.3 Å². The van der Waals surface area contributed by atoms with Crippen LogP contribution in [-0.4, -0.2) is 29.2 Å². The Morgan fingerprint density at radius 3 is 2.88 bits per heavy atom. The largest absolute Gasteiger partial charge is 0.391 e. The minimum absolute atomic E-state index is 0.133. The average molecular weight is 226 g/mol. The summed E-state index contributed by atoms with van der Waals surface area (Å²) in [5.41, 5.74) is 5.66. The second-order valence-electron chi connectivity index (χ2n) is 4.45. The highest BCUT2D eigenvalue weighted by molar-refractivity contribution is 5.81. The molecule has 16 heavy (non-hydrogen) atoms. The molecule has 1 aliphatic carbocycles. The molecule has 3 unspecified atom stereocenters. The van der Waals surface area contributed by atoms with Crippen LogP contribution in [0, 0.1) is 0 Å². The van der Waals surface area contributed by atoms with Crippen molar-refractivity contribution in [3.63, 3.8) is 0 Å². The van der Waals surface area contributed by atoms with E-state index in [1.165, 1.54) is 0 Å². The minimum Gasteiger partial charge on any atom is -0.391 e. The summed E-state index contributed by atoms with van der Waals surface area (Å²) in [5.74, 6) is -0.189. The fraction of sp³-hybridized carbons (Fsp3) is 0.750. The van der Waals surface area contributed by atoms with Crippen LogP contribution in [0.4, 0.5) is 0 Å². The molecule has 0 radical (unpaired) electrons. The van der Waals surface area contributed by atoms with Crippen LogP contribution >= 0.6 is 0 Å². The molecule has 4 nitrogen and oxygen atoms in total. The first kappa shape index (κ1) is 13.2. The summed E-state index contributed by atoms with van der Waals surface area (Å²) in [7, 11) is 0. The van der Waals surface area contributed by atoms with Gasteiger partial charge < -0.3 is 16.2 Å². The SMILES string of the molecule is C=CCC(N)C(=O)NC1CCCCCC1O. The molecule has 0 aliphatic heterocycles. The van der Waals surface area contributed by atoms with E-state index in [0.717, 1.165) is 32.1 Å². The van der Waals surface area contributed by atoms with Crippen LogP contribution in [0.5, 0.6) is 0 Å². The van der Waals surface area contributed by atoms with Gasteiger partial charge in [-0.05, 0) is 19.3 Å². The number of rotatable bonds is 4. The van der Waals surface area contributed by atoms with Crippen molar-refractivity contribution in [1.29, 1.82) is 0 Å². The lowest BCUT2D eigenvalue weighted by molar-refractivity contribution is -0.123. The Balaban J connectivity index is 2.44. The molecule has 0 saturated heterocycles. The van der Waals surface area contributed by atoms with Crippen molar-refractivity contribution in [2.75, 3.05) is 0 Å². The highest BCUT2D eigenvalue weighted by Crippen LogP contribution is 2.18. The van der Waals surface area contributed by atoms with Gasteiger partial charge in [0.25, 0.3) is 0 Å². The molecule has 4 N–H and O–H groups in total. The fourth-order valence-corrected chi connectivity index (χ4v) is 2.03. The number of aliphatic hydroxyl groups excluding tert-OH is 1. The lowest BCUT2D eigenvalue weighted by Crippen LogP contribution is -2.49. The molecule has 0 aromatic heterocycles. The molecule has 0 heterocycles. The summed E-state index contributed by atoms with van der Waals surface area (Å²) < 4.78 is 0. The summed E-state index contributed by atoms with van der Waals surface area (Å²) in [6.45, 7) is 3.55. The van der Waals surface area contributed by atoms with Crippen LogP contribution in [0.2, 0.25) is 0 Å². The Kier molecular flexibility index (Phi) is 5.49. The topological polar surface area (TPSA) is 75.4 Å². The molecule has 0 aromatic carbocycles. The summed E-state index contributed by atoms with van der Waals surface area (Å²) in [4.78, 5) is 11.7. The van der Waals surface area contributed by atoms with Gasteiger partial charge in [0.2, 0.25) is 5.91 Å². The van der Waals surface area contributed by atoms with Gasteiger partial charge in [0.1, 0.15) is 0 Å². The fourth-order valence-electron chi connectivity index (χ4n) is 2.03. The predicted octanol–water partition coefficient (Wildman–Crippen LogP) is 0.700. The van der Waals surface area contributed by atoms with E-state index < -0.39 is 12.1 Å². The number of nitrogens with two attached hydrogens (primary N) is 1. The molecule has 92 valence electrons. The highest BCUT2D eigenvalue weighted by Gasteiger charge is 2.24. The van der Waals surface area contributed by atoms with Gasteiger partial charge in [-0.25, -0.2) is 0 Å². The van der Waals surface area contributed by atoms with E-state index in [1.54, 1.807) is 6.08 Å². The number of carbonyl (C=O) groups excluding carboxylic acids is 1. The minimum atomic E-state index is -0.548. The molecule has 0 bridgehead atoms. The van der Waals surface area contributed by atoms with E-state index in [9.17, 15) is 9.90 Å². The predicted molar refractivity (Wildman–Crippen MR) is 63.8 cm³/mol. The molecule has 3 atom stereocenters. The molecule has 0 aromatic rings. The molecule has 1 rings (SSSR count). The van der Waals surface area contributed by atoms with Crippen LogP contribution in [-0.2, 0) is 4.79 Å². The van der Waals surface area contributed by atoms with E-state index in [1.807, 2.05) is 0 Å². The van der Waals surface area contributed by atoms with Crippen LogP contribution in [0.25, 0.3) is 0 Å². The third-order valence-corrected chi connectivity index (χ3v) is 3.06. The normalized spacial score (nSPS) is 27.9. The first-order valence-corrected chi connectivity index (χ1v) is 6.00. The second kappa shape index (κ2) is 6.66. The van der Waals surface area contributed by atoms with E-state index in [0.29, 0.717) is 6.42 Å². The monoisotopic (exact) mass is 226 g/mol. The quantitative estimate of drug-likeness (QED) is 0.488. The third kappa shape index (κ3) is 3.94. The molecule has 4 heteroatoms. The third-order valence-electron chi connectivity index (χ3n) is 3.06. The highest BCUT2D eigenvalue weighted by atomic mass is 16.3. The van der Waals surface area contributed by atoms with Crippen molar-refractivity contribution in [2.45, 2.75) is 56.7 Å². The van der Waals surface area contributed by atoms with Crippen molar-refractivity contribution in [3.8, 4) is 0 Å². The maximum atomic E-state index is 11.7. The molecule has 1 saturated carbocycles. The van der Waals surface area contributed by atoms with Crippen LogP contribution < -0.4 is 11.1 Å². The molecular weight excluding hydrogens is 204 g/mol. The standard InChI is InChI=1S/C12H22N2O2/c1-2-6-9(13)12(16)14-10-7-4-3-5-8-11(10)15/h2,9-11,15H,1,3-8,13H2,(H,14,16). The number of carbonyl (C=O) groups is 1. The molecule has 0 spiro atoms. The van der Waals surface area contributed by atoms with Crippen molar-refractivity contribution < 1.29 is 9.90 Å². The zero-order valence-corrected chi connectivity index (χ0v) is 9.69.